The largest absolute Gasteiger partial charge is 1.00 e. The number of nitrogens with zero attached hydrogens (tertiary/aromatic N) is 1. The van der Waals surface area contributed by atoms with Gasteiger partial charge in [0.15, 0.2) is 46.4 Å². The summed E-state index contributed by atoms with van der Waals surface area (Å²) in [6.45, 7) is 5.87. The number of aliphatic hydroxyl groups is 2. The minimum absolute atomic E-state index is 0. The summed E-state index contributed by atoms with van der Waals surface area (Å²) >= 11 is 2.71. The van der Waals surface area contributed by atoms with Crippen LogP contribution in [0.1, 0.15) is 110 Å². The zero-order chi connectivity index (χ0) is 101. The Bertz CT molecular complexity index is 6220. The predicted molar refractivity (Wildman–Crippen MR) is 472 cm³/mol. The molecule has 1 aliphatic rings. The number of carbonyl (C=O) groups is 9. The number of rotatable bonds is 32. The number of methoxy groups -OCH3 is 2. The van der Waals surface area contributed by atoms with Crippen molar-refractivity contribution in [3.63, 3.8) is 0 Å². The first-order valence-electron chi connectivity index (χ1n) is 39.3. The number of halogens is 10. The fourth-order valence-electron chi connectivity index (χ4n) is 11.3. The number of carbonyl (C=O) groups excluding carboxylic acids is 8. The van der Waals surface area contributed by atoms with Gasteiger partial charge in [-0.2, -0.15) is 0 Å². The van der Waals surface area contributed by atoms with Gasteiger partial charge >= 0.3 is 185 Å². The molecule has 4 amide bonds. The van der Waals surface area contributed by atoms with E-state index in [4.69, 9.17) is 48.2 Å². The quantitative estimate of drug-likeness (QED) is 0.00396. The van der Waals surface area contributed by atoms with E-state index in [1.807, 2.05) is 30.3 Å². The van der Waals surface area contributed by atoms with Crippen LogP contribution in [0.3, 0.4) is 0 Å². The van der Waals surface area contributed by atoms with Crippen molar-refractivity contribution < 1.29 is 323 Å². The van der Waals surface area contributed by atoms with E-state index in [9.17, 15) is 98.1 Å². The number of H-pyrrole nitrogens is 3. The maximum Gasteiger partial charge on any atom is 1.00 e. The van der Waals surface area contributed by atoms with Crippen molar-refractivity contribution in [3.05, 3.63) is 417 Å². The summed E-state index contributed by atoms with van der Waals surface area (Å²) in [7, 11) is 3.32. The van der Waals surface area contributed by atoms with E-state index in [2.05, 4.69) is 74.9 Å². The Balaban J connectivity index is 0.00000177. The van der Waals surface area contributed by atoms with Crippen LogP contribution < -0.4 is 234 Å². The van der Waals surface area contributed by atoms with E-state index in [-0.39, 0.29) is 309 Å². The third-order valence-electron chi connectivity index (χ3n) is 17.8. The summed E-state index contributed by atoms with van der Waals surface area (Å²) in [5.41, 5.74) is -1.54. The van der Waals surface area contributed by atoms with Crippen molar-refractivity contribution in [1.82, 2.24) is 41.1 Å². The van der Waals surface area contributed by atoms with Crippen LogP contribution in [0.2, 0.25) is 0 Å². The summed E-state index contributed by atoms with van der Waals surface area (Å²) in [6, 6.07) is 47.4. The molecule has 0 radical (unpaired) electrons. The van der Waals surface area contributed by atoms with Crippen LogP contribution in [0.15, 0.2) is 276 Å². The maximum atomic E-state index is 13.9. The minimum atomic E-state index is -1.60. The number of aromatic nitrogens is 3. The molecule has 0 fully saturated rings. The Morgan fingerprint density at radius 2 is 0.793 bits per heavy atom. The van der Waals surface area contributed by atoms with E-state index >= 15 is 0 Å². The van der Waals surface area contributed by atoms with E-state index in [0.29, 0.717) is 36.1 Å². The first-order chi connectivity index (χ1) is 65.8. The van der Waals surface area contributed by atoms with E-state index < -0.39 is 139 Å². The Morgan fingerprint density at radius 1 is 0.493 bits per heavy atom. The van der Waals surface area contributed by atoms with Gasteiger partial charge in [-0.3, -0.25) is 43.2 Å². The number of allylic oxidation sites excluding steroid dienone is 1. The number of carboxylic acid groups (broad SMARTS) is 1. The molecule has 8 aromatic carbocycles. The summed E-state index contributed by atoms with van der Waals surface area (Å²) in [6.07, 6.45) is 6.45. The minimum Gasteiger partial charge on any atom is -1.00 e. The third-order valence-corrected chi connectivity index (χ3v) is 18.3. The number of pyridine rings is 3. The van der Waals surface area contributed by atoms with Crippen molar-refractivity contribution >= 4 is 70.2 Å². The Morgan fingerprint density at radius 3 is 1.09 bits per heavy atom. The van der Waals surface area contributed by atoms with Crippen molar-refractivity contribution in [1.29, 1.82) is 0 Å². The zero-order valence-electron chi connectivity index (χ0n) is 76.2. The molecule has 0 spiro atoms. The number of aromatic amines is 3. The SMILES string of the molecule is C=CCBr.C=CCN1C=C(C(=O)NCc2ccc(F)cc2F)C(O)C(OCc2ccccc2)=C1C(=O)OC.CO.COC(=O)c1[nH]cc(C(=O)NCc2ccc(F)cc2F)c(=O)c1OCc1ccccc1.O=C(O)c1[nH]cc(C(=O)NCc2ccc(F)cc2F)c(=O)c1OCc1ccccc1.O=CO[O-].O=Cc1[nH]cc(C(=O)NCc2ccc(F)cc2F)c(=O)c1OCc1ccccc1.[Cs+].[Cs+].[H-].[HH].[Na+].[O-][Cl+][O-]. The molecule has 10 N–H and O–H groups in total. The number of hydrogen-bond acceptors (Lipinski definition) is 25. The first kappa shape index (κ1) is 125. The molecule has 0 bridgehead atoms. The summed E-state index contributed by atoms with van der Waals surface area (Å²) in [4.78, 5) is 156. The van der Waals surface area contributed by atoms with Crippen LogP contribution in [0.4, 0.5) is 35.1 Å². The second kappa shape index (κ2) is 68.3. The van der Waals surface area contributed by atoms with Crippen molar-refractivity contribution in [2.75, 3.05) is 33.2 Å². The molecule has 4 heterocycles. The van der Waals surface area contributed by atoms with Crippen LogP contribution in [-0.4, -0.2) is 129 Å². The van der Waals surface area contributed by atoms with Crippen LogP contribution in [0, 0.1) is 57.9 Å². The van der Waals surface area contributed by atoms with Gasteiger partial charge in [-0.1, -0.05) is 174 Å². The van der Waals surface area contributed by atoms with Crippen LogP contribution in [-0.2, 0) is 86.1 Å². The molecule has 0 saturated heterocycles. The standard InChI is InChI=1S/C25H24F2N2O5.C22H18F2N2O5.C21H16F2N2O5.C21H16F2N2O4.C3H5Br.CH2O3.CH4O.ClO2.2Cs.Na.H2.H/c1-3-11-29-14-19(24(31)28-13-17-9-10-18(26)12-20(17)27)22(30)23(21(29)25(32)33-2)34-15-16-7-5-4-6-8-16;1-30-22(29)18-20(31-12-13-5-3-2-4-6-13)19(27)16(11-25-18)21(28)26-10-14-7-8-15(23)9-17(14)24;22-14-7-6-13(16(23)8-14)9-25-20(27)15-10-24-17(21(28)29)19(18(15)26)30-11-12-4-2-1-3-5-12;22-15-7-6-14(17(23)8-15)9-25-21(28)16-10-24-18(11-26)20(19(16)27)29-12-13-4-2-1-3-5-13;1-2-3-4;2-1-4-3;1-2;2-1-3;;;;;/h3-10,12,14,22,30H,1,11,13,15H2,2H3,(H,28,31);2-9,11H,10,12H2,1H3,(H,25,27)(H,26,28);1-8,10H,9,11H2,(H,24,26)(H,25,27)(H,28,29);1-8,10-11H,9,12H2,(H,24,27)(H,25,28);2H,1,3H2;1,3H;2H,1H3;;;;;1H;/q;;;;;;;-1;3*+1;;-1/p-1. The molecule has 0 saturated carbocycles. The van der Waals surface area contributed by atoms with Gasteiger partial charge in [0.05, 0.1) is 31.1 Å². The molecule has 0 aliphatic carbocycles. The summed E-state index contributed by atoms with van der Waals surface area (Å²) in [5, 5.41) is 46.2. The summed E-state index contributed by atoms with van der Waals surface area (Å²) in [5.74, 6) is -13.9. The number of esters is 2. The van der Waals surface area contributed by atoms with Gasteiger partial charge in [-0.05, 0) is 46.5 Å². The van der Waals surface area contributed by atoms with Gasteiger partial charge in [0.25, 0.3) is 30.1 Å². The Labute approximate surface area is 948 Å². The predicted octanol–water partition coefficient (Wildman–Crippen LogP) is 0.315. The van der Waals surface area contributed by atoms with Gasteiger partial charge in [-0.15, -0.1) is 13.2 Å². The second-order valence-corrected chi connectivity index (χ2v) is 27.5. The molecule has 1 atom stereocenters. The number of ether oxygens (including phenoxy) is 6. The van der Waals surface area contributed by atoms with Crippen molar-refractivity contribution in [3.8, 4) is 17.2 Å². The number of aliphatic hydroxyl groups excluding tert-OH is 2. The third kappa shape index (κ3) is 40.6. The van der Waals surface area contributed by atoms with Gasteiger partial charge in [0, 0.05) is 118 Å². The molecule has 33 nitrogen and oxygen atoms in total. The van der Waals surface area contributed by atoms with Crippen LogP contribution in [0.5, 0.6) is 17.2 Å². The molecule has 1 aliphatic heterocycles. The monoisotopic (exact) mass is 2280 g/mol. The second-order valence-electron chi connectivity index (χ2n) is 26.8. The number of aldehydes is 1. The summed E-state index contributed by atoms with van der Waals surface area (Å²) < 4.78 is 155. The average molecular weight is 2280 g/mol. The number of carboxylic acids is 1. The van der Waals surface area contributed by atoms with Crippen molar-refractivity contribution in [2.24, 2.45) is 0 Å². The molecular weight excluding hydrogens is 2200 g/mol. The molecule has 726 valence electrons. The first-order valence-corrected chi connectivity index (χ1v) is 41.0. The molecular formula is C94H87BrClCs2F8N8NaO25. The van der Waals surface area contributed by atoms with Gasteiger partial charge in [0.2, 0.25) is 16.3 Å². The van der Waals surface area contributed by atoms with Crippen LogP contribution >= 0.6 is 15.9 Å². The Kier molecular flexibility index (Phi) is 61.1. The van der Waals surface area contributed by atoms with Crippen molar-refractivity contribution in [2.45, 2.75) is 58.7 Å². The van der Waals surface area contributed by atoms with E-state index in [0.717, 1.165) is 85.2 Å². The molecule has 1 unspecified atom stereocenters. The van der Waals surface area contributed by atoms with Gasteiger partial charge in [-0.25, -0.2) is 49.5 Å². The van der Waals surface area contributed by atoms with Gasteiger partial charge in [0.1, 0.15) is 101 Å². The fourth-order valence-corrected chi connectivity index (χ4v) is 11.3. The molecule has 12 rings (SSSR count). The molecule has 3 aromatic heterocycles. The van der Waals surface area contributed by atoms with Gasteiger partial charge < -0.3 is 106 Å². The average Bonchev–Trinajstić information content (AvgIpc) is 0.778. The molecule has 140 heavy (non-hydrogen) atoms. The van der Waals surface area contributed by atoms with Crippen LogP contribution in [0.25, 0.3) is 0 Å². The number of benzene rings is 8. The fraction of sp³-hybridized carbons (Fsp3) is 0.149. The van der Waals surface area contributed by atoms with E-state index in [1.165, 1.54) is 42.5 Å². The zero-order valence-corrected chi connectivity index (χ0v) is 92.1. The number of alkyl halides is 1. The normalized spacial score (nSPS) is 11.0. The smallest absolute Gasteiger partial charge is 1.00 e. The topological polar surface area (TPSA) is 498 Å². The number of nitrogens with one attached hydrogen (secondary N) is 7. The van der Waals surface area contributed by atoms with E-state index in [1.54, 1.807) is 97.1 Å². The molecule has 46 heteroatoms. The molecule has 11 aromatic rings. The maximum absolute atomic E-state index is 13.9. The number of hydrogen-bond donors (Lipinski definition) is 10. The number of amides is 4. The Hall–Kier alpha value is -10.9. The number of aromatic carboxylic acids is 1.